The molecule has 5 heteroatoms. The molecule has 1 saturated heterocycles. The zero-order chi connectivity index (χ0) is 18.6. The molecule has 0 spiro atoms. The number of anilines is 2. The lowest BCUT2D eigenvalue weighted by Crippen LogP contribution is -2.31. The second-order valence-electron chi connectivity index (χ2n) is 7.73. The molecular formula is C21H27N3O2. The standard InChI is InChI=1S/C21H27N3O2/c1-21(2,3)18-8-4-5-9-19(18)24-16-11-15(12-22-13-16)20(25)23-14-17-7-6-10-26-17/h4-5,8-9,11-13,17,24H,6-7,10,14H2,1-3H3,(H,23,25). The normalized spacial score (nSPS) is 17.1. The molecule has 1 aromatic heterocycles. The van der Waals surface area contributed by atoms with E-state index in [2.05, 4.69) is 42.5 Å². The number of nitrogens with one attached hydrogen (secondary N) is 2. The molecule has 1 atom stereocenters. The van der Waals surface area contributed by atoms with Crippen molar-refractivity contribution < 1.29 is 9.53 Å². The summed E-state index contributed by atoms with van der Waals surface area (Å²) >= 11 is 0. The van der Waals surface area contributed by atoms with Gasteiger partial charge >= 0.3 is 0 Å². The van der Waals surface area contributed by atoms with Crippen LogP contribution in [0.5, 0.6) is 0 Å². The second kappa shape index (κ2) is 7.87. The SMILES string of the molecule is CC(C)(C)c1ccccc1Nc1cncc(C(=O)NCC2CCCO2)c1. The summed E-state index contributed by atoms with van der Waals surface area (Å²) in [6.07, 6.45) is 5.52. The molecule has 2 N–H and O–H groups in total. The molecule has 5 nitrogen and oxygen atoms in total. The van der Waals surface area contributed by atoms with Gasteiger partial charge in [0.2, 0.25) is 0 Å². The molecule has 0 radical (unpaired) electrons. The van der Waals surface area contributed by atoms with Crippen LogP contribution in [0.2, 0.25) is 0 Å². The van der Waals surface area contributed by atoms with E-state index in [1.165, 1.54) is 5.56 Å². The molecule has 1 fully saturated rings. The average molecular weight is 353 g/mol. The van der Waals surface area contributed by atoms with Crippen molar-refractivity contribution in [2.75, 3.05) is 18.5 Å². The Bertz CT molecular complexity index is 762. The van der Waals surface area contributed by atoms with Gasteiger partial charge < -0.3 is 15.4 Å². The van der Waals surface area contributed by atoms with Crippen LogP contribution in [0.1, 0.15) is 49.5 Å². The van der Waals surface area contributed by atoms with Crippen molar-refractivity contribution in [2.24, 2.45) is 0 Å². The Kier molecular flexibility index (Phi) is 5.57. The summed E-state index contributed by atoms with van der Waals surface area (Å²) in [5, 5.41) is 6.34. The topological polar surface area (TPSA) is 63.2 Å². The van der Waals surface area contributed by atoms with Crippen molar-refractivity contribution in [1.29, 1.82) is 0 Å². The Morgan fingerprint density at radius 1 is 1.27 bits per heavy atom. The zero-order valence-corrected chi connectivity index (χ0v) is 15.7. The number of para-hydroxylation sites is 1. The molecule has 1 unspecified atom stereocenters. The summed E-state index contributed by atoms with van der Waals surface area (Å²) in [6.45, 7) is 7.88. The van der Waals surface area contributed by atoms with Crippen LogP contribution in [0, 0.1) is 0 Å². The van der Waals surface area contributed by atoms with Crippen molar-refractivity contribution in [3.63, 3.8) is 0 Å². The third-order valence-electron chi connectivity index (χ3n) is 4.53. The Morgan fingerprint density at radius 3 is 2.81 bits per heavy atom. The van der Waals surface area contributed by atoms with E-state index in [1.54, 1.807) is 12.4 Å². The molecule has 0 bridgehead atoms. The van der Waals surface area contributed by atoms with Crippen LogP contribution >= 0.6 is 0 Å². The number of carbonyl (C=O) groups excluding carboxylic acids is 1. The number of carbonyl (C=O) groups is 1. The average Bonchev–Trinajstić information content (AvgIpc) is 3.13. The number of nitrogens with zero attached hydrogens (tertiary/aromatic N) is 1. The van der Waals surface area contributed by atoms with Crippen molar-refractivity contribution in [2.45, 2.75) is 45.1 Å². The first kappa shape index (κ1) is 18.4. The number of benzene rings is 1. The third-order valence-corrected chi connectivity index (χ3v) is 4.53. The first-order valence-electron chi connectivity index (χ1n) is 9.15. The lowest BCUT2D eigenvalue weighted by molar-refractivity contribution is 0.0857. The molecule has 138 valence electrons. The fourth-order valence-corrected chi connectivity index (χ4v) is 3.15. The first-order valence-corrected chi connectivity index (χ1v) is 9.15. The van der Waals surface area contributed by atoms with Gasteiger partial charge in [0, 0.05) is 25.0 Å². The molecule has 1 aliphatic rings. The van der Waals surface area contributed by atoms with Gasteiger partial charge in [-0.2, -0.15) is 0 Å². The van der Waals surface area contributed by atoms with Gasteiger partial charge in [0.25, 0.3) is 5.91 Å². The summed E-state index contributed by atoms with van der Waals surface area (Å²) in [6, 6.07) is 10.0. The number of hydrogen-bond acceptors (Lipinski definition) is 4. The first-order chi connectivity index (χ1) is 12.4. The highest BCUT2D eigenvalue weighted by Gasteiger charge is 2.19. The third kappa shape index (κ3) is 4.61. The number of ether oxygens (including phenoxy) is 1. The maximum absolute atomic E-state index is 12.4. The van der Waals surface area contributed by atoms with E-state index in [9.17, 15) is 4.79 Å². The van der Waals surface area contributed by atoms with Crippen LogP contribution in [0.4, 0.5) is 11.4 Å². The Hall–Kier alpha value is -2.40. The molecule has 2 heterocycles. The highest BCUT2D eigenvalue weighted by Crippen LogP contribution is 2.31. The van der Waals surface area contributed by atoms with Gasteiger partial charge in [-0.1, -0.05) is 39.0 Å². The van der Waals surface area contributed by atoms with E-state index < -0.39 is 0 Å². The van der Waals surface area contributed by atoms with E-state index in [4.69, 9.17) is 4.74 Å². The van der Waals surface area contributed by atoms with Crippen molar-refractivity contribution in [3.8, 4) is 0 Å². The van der Waals surface area contributed by atoms with E-state index >= 15 is 0 Å². The van der Waals surface area contributed by atoms with Crippen LogP contribution in [-0.2, 0) is 10.2 Å². The van der Waals surface area contributed by atoms with E-state index in [1.807, 2.05) is 24.3 Å². The smallest absolute Gasteiger partial charge is 0.253 e. The van der Waals surface area contributed by atoms with E-state index in [-0.39, 0.29) is 17.4 Å². The van der Waals surface area contributed by atoms with E-state index in [0.29, 0.717) is 12.1 Å². The molecule has 26 heavy (non-hydrogen) atoms. The van der Waals surface area contributed by atoms with Crippen LogP contribution in [0.15, 0.2) is 42.7 Å². The summed E-state index contributed by atoms with van der Waals surface area (Å²) < 4.78 is 5.54. The predicted octanol–water partition coefficient (Wildman–Crippen LogP) is 4.03. The lowest BCUT2D eigenvalue weighted by atomic mass is 9.86. The summed E-state index contributed by atoms with van der Waals surface area (Å²) in [4.78, 5) is 16.6. The summed E-state index contributed by atoms with van der Waals surface area (Å²) in [5.74, 6) is -0.124. The number of hydrogen-bond donors (Lipinski definition) is 2. The fourth-order valence-electron chi connectivity index (χ4n) is 3.15. The number of aromatic nitrogens is 1. The van der Waals surface area contributed by atoms with Gasteiger partial charge in [-0.25, -0.2) is 0 Å². The molecule has 3 rings (SSSR count). The van der Waals surface area contributed by atoms with Crippen molar-refractivity contribution in [1.82, 2.24) is 10.3 Å². The monoisotopic (exact) mass is 353 g/mol. The Balaban J connectivity index is 1.70. The van der Waals surface area contributed by atoms with Crippen molar-refractivity contribution in [3.05, 3.63) is 53.9 Å². The van der Waals surface area contributed by atoms with Gasteiger partial charge in [0.1, 0.15) is 0 Å². The second-order valence-corrected chi connectivity index (χ2v) is 7.73. The Labute approximate surface area is 155 Å². The molecule has 2 aromatic rings. The molecule has 0 saturated carbocycles. The highest BCUT2D eigenvalue weighted by atomic mass is 16.5. The van der Waals surface area contributed by atoms with Crippen LogP contribution < -0.4 is 10.6 Å². The Morgan fingerprint density at radius 2 is 2.08 bits per heavy atom. The van der Waals surface area contributed by atoms with Crippen molar-refractivity contribution >= 4 is 17.3 Å². The van der Waals surface area contributed by atoms with Crippen LogP contribution in [0.3, 0.4) is 0 Å². The van der Waals surface area contributed by atoms with Crippen LogP contribution in [0.25, 0.3) is 0 Å². The largest absolute Gasteiger partial charge is 0.376 e. The minimum absolute atomic E-state index is 0.0211. The maximum atomic E-state index is 12.4. The van der Waals surface area contributed by atoms with Gasteiger partial charge in [0.15, 0.2) is 0 Å². The molecule has 0 aliphatic carbocycles. The number of pyridine rings is 1. The number of rotatable bonds is 5. The number of amides is 1. The van der Waals surface area contributed by atoms with Gasteiger partial charge in [-0.3, -0.25) is 9.78 Å². The predicted molar refractivity (Wildman–Crippen MR) is 104 cm³/mol. The van der Waals surface area contributed by atoms with Gasteiger partial charge in [0.05, 0.1) is 23.6 Å². The molecule has 1 aliphatic heterocycles. The minimum atomic E-state index is -0.124. The van der Waals surface area contributed by atoms with Gasteiger partial charge in [-0.05, 0) is 36.0 Å². The maximum Gasteiger partial charge on any atom is 0.253 e. The summed E-state index contributed by atoms with van der Waals surface area (Å²) in [7, 11) is 0. The molecule has 1 aromatic carbocycles. The minimum Gasteiger partial charge on any atom is -0.376 e. The fraction of sp³-hybridized carbons (Fsp3) is 0.429. The molecular weight excluding hydrogens is 326 g/mol. The molecule has 1 amide bonds. The lowest BCUT2D eigenvalue weighted by Gasteiger charge is -2.23. The van der Waals surface area contributed by atoms with Gasteiger partial charge in [-0.15, -0.1) is 0 Å². The van der Waals surface area contributed by atoms with E-state index in [0.717, 1.165) is 30.8 Å². The highest BCUT2D eigenvalue weighted by molar-refractivity contribution is 5.94. The summed E-state index contributed by atoms with van der Waals surface area (Å²) in [5.41, 5.74) is 3.60. The quantitative estimate of drug-likeness (QED) is 0.852. The van der Waals surface area contributed by atoms with Crippen LogP contribution in [-0.4, -0.2) is 30.1 Å². The zero-order valence-electron chi connectivity index (χ0n) is 15.7.